The second kappa shape index (κ2) is 4.56. The van der Waals surface area contributed by atoms with Crippen LogP contribution in [0.5, 0.6) is 0 Å². The molecule has 1 aliphatic carbocycles. The Morgan fingerprint density at radius 1 is 1.30 bits per heavy atom. The van der Waals surface area contributed by atoms with Crippen molar-refractivity contribution >= 4 is 16.0 Å². The molecule has 0 radical (unpaired) electrons. The first-order valence-electron chi connectivity index (χ1n) is 6.41. The number of sulfonamides is 1. The lowest BCUT2D eigenvalue weighted by Crippen LogP contribution is -2.29. The van der Waals surface area contributed by atoms with Crippen LogP contribution in [0.1, 0.15) is 41.8 Å². The fourth-order valence-electron chi connectivity index (χ4n) is 2.27. The molecular formula is C14H19NO4S. The van der Waals surface area contributed by atoms with Crippen LogP contribution < -0.4 is 4.72 Å². The molecule has 1 fully saturated rings. The first-order chi connectivity index (χ1) is 9.04. The van der Waals surface area contributed by atoms with Crippen LogP contribution in [0.25, 0.3) is 0 Å². The molecule has 0 aromatic heterocycles. The van der Waals surface area contributed by atoms with Gasteiger partial charge in [-0.15, -0.1) is 0 Å². The molecule has 0 spiro atoms. The largest absolute Gasteiger partial charge is 0.478 e. The van der Waals surface area contributed by atoms with Gasteiger partial charge < -0.3 is 5.11 Å². The number of aryl methyl sites for hydroxylation is 2. The van der Waals surface area contributed by atoms with Crippen LogP contribution in [-0.2, 0) is 10.0 Å². The topological polar surface area (TPSA) is 83.5 Å². The molecule has 0 bridgehead atoms. The van der Waals surface area contributed by atoms with Crippen LogP contribution in [0.15, 0.2) is 17.0 Å². The van der Waals surface area contributed by atoms with E-state index in [-0.39, 0.29) is 21.9 Å². The molecule has 1 aromatic carbocycles. The molecule has 1 unspecified atom stereocenters. The Hall–Kier alpha value is -1.40. The number of carboxylic acid groups (broad SMARTS) is 1. The predicted molar refractivity (Wildman–Crippen MR) is 75.4 cm³/mol. The van der Waals surface area contributed by atoms with E-state index in [4.69, 9.17) is 5.11 Å². The highest BCUT2D eigenvalue weighted by Gasteiger charge is 2.48. The van der Waals surface area contributed by atoms with Gasteiger partial charge in [0.05, 0.1) is 10.5 Å². The molecule has 0 saturated heterocycles. The first-order valence-corrected chi connectivity index (χ1v) is 7.90. The normalized spacial score (nSPS) is 20.7. The highest BCUT2D eigenvalue weighted by Crippen LogP contribution is 2.45. The molecular weight excluding hydrogens is 278 g/mol. The summed E-state index contributed by atoms with van der Waals surface area (Å²) in [5.74, 6) is -1.12. The van der Waals surface area contributed by atoms with Crippen molar-refractivity contribution in [1.29, 1.82) is 0 Å². The Labute approximate surface area is 119 Å². The van der Waals surface area contributed by atoms with E-state index in [1.54, 1.807) is 19.9 Å². The maximum absolute atomic E-state index is 12.4. The molecule has 1 aromatic rings. The van der Waals surface area contributed by atoms with Crippen molar-refractivity contribution < 1.29 is 18.3 Å². The van der Waals surface area contributed by atoms with E-state index >= 15 is 0 Å². The van der Waals surface area contributed by atoms with Crippen LogP contribution in [0.4, 0.5) is 0 Å². The van der Waals surface area contributed by atoms with Gasteiger partial charge in [0.15, 0.2) is 0 Å². The summed E-state index contributed by atoms with van der Waals surface area (Å²) in [5.41, 5.74) is 1.10. The standard InChI is InChI=1S/C14H19NO4S/c1-8-5-9(2)11(6-10(8)13(16)17)20(18,19)15-12-7-14(12,3)4/h5-6,12,15H,7H2,1-4H3,(H,16,17). The van der Waals surface area contributed by atoms with Crippen LogP contribution in [0.2, 0.25) is 0 Å². The highest BCUT2D eigenvalue weighted by molar-refractivity contribution is 7.89. The van der Waals surface area contributed by atoms with Crippen LogP contribution in [-0.4, -0.2) is 25.5 Å². The average molecular weight is 297 g/mol. The van der Waals surface area contributed by atoms with E-state index in [1.807, 2.05) is 13.8 Å². The summed E-state index contributed by atoms with van der Waals surface area (Å²) in [7, 11) is -3.68. The predicted octanol–water partition coefficient (Wildman–Crippen LogP) is 2.08. The molecule has 0 amide bonds. The number of carboxylic acids is 1. The van der Waals surface area contributed by atoms with Gasteiger partial charge >= 0.3 is 5.97 Å². The number of hydrogen-bond donors (Lipinski definition) is 2. The zero-order chi connectivity index (χ0) is 15.3. The van der Waals surface area contributed by atoms with Crippen LogP contribution in [0, 0.1) is 19.3 Å². The number of nitrogens with one attached hydrogen (secondary N) is 1. The number of rotatable bonds is 4. The number of carbonyl (C=O) groups is 1. The van der Waals surface area contributed by atoms with E-state index in [0.29, 0.717) is 11.1 Å². The summed E-state index contributed by atoms with van der Waals surface area (Å²) >= 11 is 0. The Morgan fingerprint density at radius 2 is 1.85 bits per heavy atom. The van der Waals surface area contributed by atoms with Gasteiger partial charge in [0, 0.05) is 6.04 Å². The molecule has 6 heteroatoms. The summed E-state index contributed by atoms with van der Waals surface area (Å²) in [5, 5.41) is 9.11. The van der Waals surface area contributed by atoms with Gasteiger partial charge in [0.25, 0.3) is 0 Å². The summed E-state index contributed by atoms with van der Waals surface area (Å²) < 4.78 is 27.4. The van der Waals surface area contributed by atoms with E-state index in [1.165, 1.54) is 6.07 Å². The van der Waals surface area contributed by atoms with Gasteiger partial charge in [-0.3, -0.25) is 0 Å². The number of hydrogen-bond acceptors (Lipinski definition) is 3. The maximum atomic E-state index is 12.4. The molecule has 5 nitrogen and oxygen atoms in total. The summed E-state index contributed by atoms with van der Waals surface area (Å²) in [6.45, 7) is 7.31. The van der Waals surface area contributed by atoms with E-state index in [2.05, 4.69) is 4.72 Å². The van der Waals surface area contributed by atoms with Crippen LogP contribution >= 0.6 is 0 Å². The van der Waals surface area contributed by atoms with Crippen LogP contribution in [0.3, 0.4) is 0 Å². The lowest BCUT2D eigenvalue weighted by Gasteiger charge is -2.12. The molecule has 0 heterocycles. The number of benzene rings is 1. The van der Waals surface area contributed by atoms with Crippen molar-refractivity contribution in [3.8, 4) is 0 Å². The second-order valence-electron chi connectivity index (χ2n) is 6.10. The minimum atomic E-state index is -3.68. The molecule has 1 aliphatic rings. The zero-order valence-corrected chi connectivity index (χ0v) is 12.8. The molecule has 0 aliphatic heterocycles. The number of aromatic carboxylic acids is 1. The third-order valence-electron chi connectivity index (χ3n) is 3.85. The van der Waals surface area contributed by atoms with Crippen molar-refractivity contribution in [2.24, 2.45) is 5.41 Å². The van der Waals surface area contributed by atoms with Crippen molar-refractivity contribution in [2.45, 2.75) is 45.1 Å². The third-order valence-corrected chi connectivity index (χ3v) is 5.47. The van der Waals surface area contributed by atoms with Crippen molar-refractivity contribution in [3.05, 3.63) is 28.8 Å². The molecule has 20 heavy (non-hydrogen) atoms. The van der Waals surface area contributed by atoms with Crippen molar-refractivity contribution in [2.75, 3.05) is 0 Å². The van der Waals surface area contributed by atoms with Crippen molar-refractivity contribution in [3.63, 3.8) is 0 Å². The zero-order valence-electron chi connectivity index (χ0n) is 12.0. The fraction of sp³-hybridized carbons (Fsp3) is 0.500. The molecule has 110 valence electrons. The van der Waals surface area contributed by atoms with Crippen molar-refractivity contribution in [1.82, 2.24) is 4.72 Å². The maximum Gasteiger partial charge on any atom is 0.335 e. The van der Waals surface area contributed by atoms with E-state index in [9.17, 15) is 13.2 Å². The lowest BCUT2D eigenvalue weighted by molar-refractivity contribution is 0.0696. The average Bonchev–Trinajstić information content (AvgIpc) is 2.83. The van der Waals surface area contributed by atoms with Gasteiger partial charge in [0.1, 0.15) is 0 Å². The third kappa shape index (κ3) is 2.71. The monoisotopic (exact) mass is 297 g/mol. The van der Waals surface area contributed by atoms with Gasteiger partial charge in [-0.2, -0.15) is 0 Å². The molecule has 1 atom stereocenters. The second-order valence-corrected chi connectivity index (χ2v) is 7.79. The quantitative estimate of drug-likeness (QED) is 0.891. The Kier molecular flexibility index (Phi) is 3.42. The minimum absolute atomic E-state index is 0.0195. The Morgan fingerprint density at radius 3 is 2.30 bits per heavy atom. The van der Waals surface area contributed by atoms with Gasteiger partial charge in [0.2, 0.25) is 10.0 Å². The molecule has 2 N–H and O–H groups in total. The van der Waals surface area contributed by atoms with E-state index in [0.717, 1.165) is 6.42 Å². The molecule has 1 saturated carbocycles. The Bertz CT molecular complexity index is 677. The van der Waals surface area contributed by atoms with E-state index < -0.39 is 16.0 Å². The lowest BCUT2D eigenvalue weighted by atomic mass is 10.1. The summed E-state index contributed by atoms with van der Waals surface area (Å²) in [4.78, 5) is 11.2. The first kappa shape index (κ1) is 15.0. The smallest absolute Gasteiger partial charge is 0.335 e. The Balaban J connectivity index is 2.41. The molecule has 2 rings (SSSR count). The minimum Gasteiger partial charge on any atom is -0.478 e. The van der Waals surface area contributed by atoms with Gasteiger partial charge in [-0.1, -0.05) is 19.9 Å². The SMILES string of the molecule is Cc1cc(C)c(S(=O)(=O)NC2CC2(C)C)cc1C(=O)O. The van der Waals surface area contributed by atoms with Gasteiger partial charge in [-0.25, -0.2) is 17.9 Å². The summed E-state index contributed by atoms with van der Waals surface area (Å²) in [6, 6.07) is 2.75. The fourth-order valence-corrected chi connectivity index (χ4v) is 3.93. The summed E-state index contributed by atoms with van der Waals surface area (Å²) in [6.07, 6.45) is 0.795. The van der Waals surface area contributed by atoms with Gasteiger partial charge in [-0.05, 0) is 42.9 Å². The highest BCUT2D eigenvalue weighted by atomic mass is 32.2.